The zero-order valence-electron chi connectivity index (χ0n) is 8.88. The summed E-state index contributed by atoms with van der Waals surface area (Å²) in [5, 5.41) is 11.8. The van der Waals surface area contributed by atoms with Crippen molar-refractivity contribution < 1.29 is 14.7 Å². The van der Waals surface area contributed by atoms with E-state index >= 15 is 0 Å². The van der Waals surface area contributed by atoms with Crippen molar-refractivity contribution in [3.05, 3.63) is 36.5 Å². The monoisotopic (exact) mass is 230 g/mol. The maximum absolute atomic E-state index is 11.4. The van der Waals surface area contributed by atoms with E-state index in [0.29, 0.717) is 5.69 Å². The Morgan fingerprint density at radius 1 is 1.24 bits per heavy atom. The fourth-order valence-electron chi connectivity index (χ4n) is 1.54. The van der Waals surface area contributed by atoms with E-state index in [1.165, 1.54) is 0 Å². The van der Waals surface area contributed by atoms with E-state index in [4.69, 9.17) is 5.11 Å². The number of pyridine rings is 1. The quantitative estimate of drug-likeness (QED) is 0.786. The molecule has 0 aliphatic rings. The molecule has 0 fully saturated rings. The molecule has 86 valence electrons. The van der Waals surface area contributed by atoms with Crippen LogP contribution in [0.4, 0.5) is 5.69 Å². The lowest BCUT2D eigenvalue weighted by Crippen LogP contribution is -2.16. The minimum atomic E-state index is -1.15. The molecule has 0 aliphatic heterocycles. The second kappa shape index (κ2) is 4.61. The average Bonchev–Trinajstić information content (AvgIpc) is 2.28. The van der Waals surface area contributed by atoms with Gasteiger partial charge in [0, 0.05) is 11.6 Å². The number of aromatic nitrogens is 1. The maximum Gasteiger partial charge on any atom is 0.312 e. The molecule has 1 amide bonds. The Morgan fingerprint density at radius 2 is 2.06 bits per heavy atom. The van der Waals surface area contributed by atoms with Crippen LogP contribution in [0, 0.1) is 0 Å². The minimum absolute atomic E-state index is 0.545. The summed E-state index contributed by atoms with van der Waals surface area (Å²) in [6.07, 6.45) is 1.11. The highest BCUT2D eigenvalue weighted by molar-refractivity contribution is 6.05. The molecule has 1 aromatic carbocycles. The van der Waals surface area contributed by atoms with Crippen LogP contribution in [0.3, 0.4) is 0 Å². The van der Waals surface area contributed by atoms with Crippen molar-refractivity contribution in [1.29, 1.82) is 0 Å². The summed E-state index contributed by atoms with van der Waals surface area (Å²) in [4.78, 5) is 25.9. The summed E-state index contributed by atoms with van der Waals surface area (Å²) < 4.78 is 0. The molecule has 0 atom stereocenters. The van der Waals surface area contributed by atoms with Gasteiger partial charge < -0.3 is 10.4 Å². The number of hydrogen-bond donors (Lipinski definition) is 2. The first-order chi connectivity index (χ1) is 8.16. The molecule has 0 saturated carbocycles. The van der Waals surface area contributed by atoms with E-state index in [0.717, 1.165) is 10.9 Å². The summed E-state index contributed by atoms with van der Waals surface area (Å²) in [5.41, 5.74) is 1.32. The van der Waals surface area contributed by atoms with Crippen LogP contribution in [0.1, 0.15) is 6.42 Å². The molecule has 0 aliphatic carbocycles. The van der Waals surface area contributed by atoms with Gasteiger partial charge in [-0.05, 0) is 24.3 Å². The van der Waals surface area contributed by atoms with Gasteiger partial charge in [0.05, 0.1) is 11.2 Å². The van der Waals surface area contributed by atoms with Crippen LogP contribution in [0.25, 0.3) is 10.9 Å². The fraction of sp³-hybridized carbons (Fsp3) is 0.0833. The van der Waals surface area contributed by atoms with Gasteiger partial charge in [-0.3, -0.25) is 14.6 Å². The van der Waals surface area contributed by atoms with Crippen molar-refractivity contribution >= 4 is 28.5 Å². The first-order valence-electron chi connectivity index (χ1n) is 5.02. The summed E-state index contributed by atoms with van der Waals surface area (Å²) in [6, 6.07) is 8.87. The summed E-state index contributed by atoms with van der Waals surface area (Å²) in [6.45, 7) is 0. The van der Waals surface area contributed by atoms with Crippen molar-refractivity contribution in [3.63, 3.8) is 0 Å². The standard InChI is InChI=1S/C12H10N2O3/c15-11(7-12(16)17)14-10-5-1-4-9-8(10)3-2-6-13-9/h1-6H,7H2,(H,14,15)(H,16,17). The predicted molar refractivity (Wildman–Crippen MR) is 62.6 cm³/mol. The highest BCUT2D eigenvalue weighted by atomic mass is 16.4. The molecule has 2 aromatic rings. The number of aliphatic carboxylic acids is 1. The van der Waals surface area contributed by atoms with Gasteiger partial charge in [0.25, 0.3) is 0 Å². The van der Waals surface area contributed by atoms with Crippen LogP contribution in [0.2, 0.25) is 0 Å². The Hall–Kier alpha value is -2.43. The number of anilines is 1. The Balaban J connectivity index is 2.30. The van der Waals surface area contributed by atoms with Crippen molar-refractivity contribution in [3.8, 4) is 0 Å². The molecule has 5 nitrogen and oxygen atoms in total. The number of nitrogens with one attached hydrogen (secondary N) is 1. The highest BCUT2D eigenvalue weighted by Crippen LogP contribution is 2.21. The first-order valence-corrected chi connectivity index (χ1v) is 5.02. The maximum atomic E-state index is 11.4. The lowest BCUT2D eigenvalue weighted by Gasteiger charge is -2.06. The third kappa shape index (κ3) is 2.57. The van der Waals surface area contributed by atoms with E-state index in [1.54, 1.807) is 24.4 Å². The van der Waals surface area contributed by atoms with Crippen LogP contribution < -0.4 is 5.32 Å². The SMILES string of the molecule is O=C(O)CC(=O)Nc1cccc2ncccc12. The van der Waals surface area contributed by atoms with Gasteiger partial charge >= 0.3 is 5.97 Å². The molecule has 0 saturated heterocycles. The number of nitrogens with zero attached hydrogens (tertiary/aromatic N) is 1. The van der Waals surface area contributed by atoms with Crippen molar-refractivity contribution in [1.82, 2.24) is 4.98 Å². The van der Waals surface area contributed by atoms with E-state index in [9.17, 15) is 9.59 Å². The van der Waals surface area contributed by atoms with Gasteiger partial charge in [0.2, 0.25) is 5.91 Å². The molecule has 5 heteroatoms. The Kier molecular flexibility index (Phi) is 3.00. The van der Waals surface area contributed by atoms with Gasteiger partial charge in [-0.25, -0.2) is 0 Å². The summed E-state index contributed by atoms with van der Waals surface area (Å²) >= 11 is 0. The molecule has 17 heavy (non-hydrogen) atoms. The van der Waals surface area contributed by atoms with Crippen LogP contribution >= 0.6 is 0 Å². The molecule has 0 spiro atoms. The number of carbonyl (C=O) groups excluding carboxylic acids is 1. The lowest BCUT2D eigenvalue weighted by atomic mass is 10.2. The largest absolute Gasteiger partial charge is 0.481 e. The molecule has 2 N–H and O–H groups in total. The van der Waals surface area contributed by atoms with Gasteiger partial charge in [-0.15, -0.1) is 0 Å². The fourth-order valence-corrected chi connectivity index (χ4v) is 1.54. The third-order valence-corrected chi connectivity index (χ3v) is 2.23. The topological polar surface area (TPSA) is 79.3 Å². The van der Waals surface area contributed by atoms with Gasteiger partial charge in [0.1, 0.15) is 6.42 Å². The minimum Gasteiger partial charge on any atom is -0.481 e. The average molecular weight is 230 g/mol. The van der Waals surface area contributed by atoms with Crippen molar-refractivity contribution in [2.24, 2.45) is 0 Å². The van der Waals surface area contributed by atoms with Gasteiger partial charge in [0.15, 0.2) is 0 Å². The molecule has 0 unspecified atom stereocenters. The molecule has 2 rings (SSSR count). The van der Waals surface area contributed by atoms with Crippen LogP contribution in [0.5, 0.6) is 0 Å². The second-order valence-electron chi connectivity index (χ2n) is 3.49. The number of fused-ring (bicyclic) bond motifs is 1. The molecule has 1 heterocycles. The van der Waals surface area contributed by atoms with Crippen molar-refractivity contribution in [2.75, 3.05) is 5.32 Å². The number of amides is 1. The van der Waals surface area contributed by atoms with Gasteiger partial charge in [-0.1, -0.05) is 6.07 Å². The molecule has 0 bridgehead atoms. The zero-order valence-corrected chi connectivity index (χ0v) is 8.88. The van der Waals surface area contributed by atoms with Crippen LogP contribution in [-0.4, -0.2) is 22.0 Å². The van der Waals surface area contributed by atoms with E-state index in [-0.39, 0.29) is 0 Å². The number of carboxylic acids is 1. The van der Waals surface area contributed by atoms with E-state index in [1.807, 2.05) is 12.1 Å². The molecular formula is C12H10N2O3. The Labute approximate surface area is 97.1 Å². The van der Waals surface area contributed by atoms with Gasteiger partial charge in [-0.2, -0.15) is 0 Å². The number of carbonyl (C=O) groups is 2. The van der Waals surface area contributed by atoms with E-state index < -0.39 is 18.3 Å². The molecular weight excluding hydrogens is 220 g/mol. The van der Waals surface area contributed by atoms with Crippen LogP contribution in [-0.2, 0) is 9.59 Å². The number of rotatable bonds is 3. The molecule has 0 radical (unpaired) electrons. The zero-order chi connectivity index (χ0) is 12.3. The normalized spacial score (nSPS) is 10.1. The number of carboxylic acid groups (broad SMARTS) is 1. The summed E-state index contributed by atoms with van der Waals surface area (Å²) in [7, 11) is 0. The smallest absolute Gasteiger partial charge is 0.312 e. The summed E-state index contributed by atoms with van der Waals surface area (Å²) in [5.74, 6) is -1.70. The Morgan fingerprint density at radius 3 is 2.82 bits per heavy atom. The number of hydrogen-bond acceptors (Lipinski definition) is 3. The number of benzene rings is 1. The lowest BCUT2D eigenvalue weighted by molar-refractivity contribution is -0.139. The first kappa shape index (κ1) is 11.1. The third-order valence-electron chi connectivity index (χ3n) is 2.23. The van der Waals surface area contributed by atoms with Crippen LogP contribution in [0.15, 0.2) is 36.5 Å². The Bertz CT molecular complexity index is 575. The predicted octanol–water partition coefficient (Wildman–Crippen LogP) is 1.65. The molecule has 1 aromatic heterocycles. The second-order valence-corrected chi connectivity index (χ2v) is 3.49. The van der Waals surface area contributed by atoms with E-state index in [2.05, 4.69) is 10.3 Å². The van der Waals surface area contributed by atoms with Crippen molar-refractivity contribution in [2.45, 2.75) is 6.42 Å². The highest BCUT2D eigenvalue weighted by Gasteiger charge is 2.09.